The molecule has 1 amide bonds. The van der Waals surface area contributed by atoms with E-state index in [1.807, 2.05) is 76.2 Å². The van der Waals surface area contributed by atoms with Crippen molar-refractivity contribution in [1.29, 1.82) is 5.26 Å². The standard InChI is InChI=1S/C23H24N4O2/c1-15-6-7-16(2)27(15)25-23(28)20(14-24)13-19-12-17(3)26(18(19)4)21-8-10-22(29-5)11-9-21/h6-13H,1-5H3,(H,25,28)/b20-13-. The lowest BCUT2D eigenvalue weighted by Crippen LogP contribution is -2.25. The predicted molar refractivity (Wildman–Crippen MR) is 114 cm³/mol. The number of nitriles is 1. The van der Waals surface area contributed by atoms with Crippen molar-refractivity contribution < 1.29 is 9.53 Å². The monoisotopic (exact) mass is 388 g/mol. The van der Waals surface area contributed by atoms with Crippen molar-refractivity contribution in [1.82, 2.24) is 9.24 Å². The minimum absolute atomic E-state index is 0.0486. The molecule has 0 saturated carbocycles. The number of nitrogens with zero attached hydrogens (tertiary/aromatic N) is 3. The van der Waals surface area contributed by atoms with E-state index in [1.165, 1.54) is 0 Å². The van der Waals surface area contributed by atoms with Gasteiger partial charge >= 0.3 is 0 Å². The Bertz CT molecular complexity index is 1110. The summed E-state index contributed by atoms with van der Waals surface area (Å²) in [5.74, 6) is 0.347. The zero-order chi connectivity index (χ0) is 21.1. The summed E-state index contributed by atoms with van der Waals surface area (Å²) in [5.41, 5.74) is 8.39. The van der Waals surface area contributed by atoms with E-state index in [0.29, 0.717) is 0 Å². The number of hydrogen-bond donors (Lipinski definition) is 1. The van der Waals surface area contributed by atoms with Crippen LogP contribution in [0.4, 0.5) is 0 Å². The molecule has 3 rings (SSSR count). The SMILES string of the molecule is COc1ccc(-n2c(C)cc(/C=C(/C#N)C(=O)Nn3c(C)ccc3C)c2C)cc1. The van der Waals surface area contributed by atoms with Gasteiger partial charge in [0.25, 0.3) is 5.91 Å². The van der Waals surface area contributed by atoms with Gasteiger partial charge in [0, 0.05) is 28.5 Å². The molecule has 2 aromatic heterocycles. The molecule has 0 saturated heterocycles. The predicted octanol–water partition coefficient (Wildman–Crippen LogP) is 4.20. The van der Waals surface area contributed by atoms with Gasteiger partial charge in [-0.25, -0.2) is 0 Å². The van der Waals surface area contributed by atoms with Crippen LogP contribution in [-0.4, -0.2) is 22.3 Å². The van der Waals surface area contributed by atoms with Crippen molar-refractivity contribution in [2.24, 2.45) is 0 Å². The molecule has 0 fully saturated rings. The van der Waals surface area contributed by atoms with Gasteiger partial charge in [0.15, 0.2) is 0 Å². The molecule has 2 heterocycles. The second-order valence-electron chi connectivity index (χ2n) is 6.92. The summed E-state index contributed by atoms with van der Waals surface area (Å²) in [4.78, 5) is 12.7. The number of hydrogen-bond acceptors (Lipinski definition) is 3. The minimum atomic E-state index is -0.441. The van der Waals surface area contributed by atoms with E-state index in [4.69, 9.17) is 4.74 Å². The van der Waals surface area contributed by atoms with Crippen LogP contribution < -0.4 is 10.2 Å². The fourth-order valence-corrected chi connectivity index (χ4v) is 3.37. The molecule has 0 radical (unpaired) electrons. The quantitative estimate of drug-likeness (QED) is 0.526. The van der Waals surface area contributed by atoms with Crippen LogP contribution in [0.25, 0.3) is 11.8 Å². The molecule has 1 N–H and O–H groups in total. The molecule has 0 aliphatic heterocycles. The third kappa shape index (κ3) is 3.94. The molecule has 3 aromatic rings. The topological polar surface area (TPSA) is 72.0 Å². The summed E-state index contributed by atoms with van der Waals surface area (Å²) in [5, 5.41) is 9.56. The van der Waals surface area contributed by atoms with Crippen LogP contribution in [0.2, 0.25) is 0 Å². The number of methoxy groups -OCH3 is 1. The van der Waals surface area contributed by atoms with E-state index in [0.717, 1.165) is 39.8 Å². The highest BCUT2D eigenvalue weighted by molar-refractivity contribution is 6.06. The van der Waals surface area contributed by atoms with E-state index in [9.17, 15) is 10.1 Å². The van der Waals surface area contributed by atoms with Crippen LogP contribution in [0.1, 0.15) is 28.3 Å². The van der Waals surface area contributed by atoms with Crippen LogP contribution in [0.3, 0.4) is 0 Å². The van der Waals surface area contributed by atoms with Gasteiger partial charge in [-0.15, -0.1) is 0 Å². The number of nitrogens with one attached hydrogen (secondary N) is 1. The van der Waals surface area contributed by atoms with Gasteiger partial charge in [-0.3, -0.25) is 14.9 Å². The van der Waals surface area contributed by atoms with E-state index < -0.39 is 5.91 Å². The first-order valence-corrected chi connectivity index (χ1v) is 9.27. The average molecular weight is 388 g/mol. The zero-order valence-electron chi connectivity index (χ0n) is 17.3. The highest BCUT2D eigenvalue weighted by Gasteiger charge is 2.15. The Morgan fingerprint density at radius 3 is 2.21 bits per heavy atom. The van der Waals surface area contributed by atoms with Crippen molar-refractivity contribution >= 4 is 12.0 Å². The molecule has 0 aliphatic carbocycles. The number of carbonyl (C=O) groups is 1. The van der Waals surface area contributed by atoms with Gasteiger partial charge in [0.1, 0.15) is 17.4 Å². The number of aromatic nitrogens is 2. The zero-order valence-corrected chi connectivity index (χ0v) is 17.3. The lowest BCUT2D eigenvalue weighted by Gasteiger charge is -2.11. The van der Waals surface area contributed by atoms with Crippen molar-refractivity contribution in [3.63, 3.8) is 0 Å². The summed E-state index contributed by atoms with van der Waals surface area (Å²) in [6.07, 6.45) is 1.63. The fraction of sp³-hybridized carbons (Fsp3) is 0.217. The molecule has 0 bridgehead atoms. The maximum Gasteiger partial charge on any atom is 0.280 e. The van der Waals surface area contributed by atoms with Gasteiger partial charge in [-0.05, 0) is 81.8 Å². The molecule has 6 nitrogen and oxygen atoms in total. The van der Waals surface area contributed by atoms with Crippen molar-refractivity contribution in [2.75, 3.05) is 12.5 Å². The fourth-order valence-electron chi connectivity index (χ4n) is 3.37. The van der Waals surface area contributed by atoms with Crippen LogP contribution in [0, 0.1) is 39.0 Å². The first kappa shape index (κ1) is 20.0. The molecule has 0 aliphatic rings. The maximum absolute atomic E-state index is 12.7. The average Bonchev–Trinajstić information content (AvgIpc) is 3.18. The Balaban J connectivity index is 1.94. The van der Waals surface area contributed by atoms with E-state index in [2.05, 4.69) is 9.99 Å². The lowest BCUT2D eigenvalue weighted by atomic mass is 10.1. The number of carbonyl (C=O) groups excluding carboxylic acids is 1. The minimum Gasteiger partial charge on any atom is -0.497 e. The van der Waals surface area contributed by atoms with E-state index in [1.54, 1.807) is 17.9 Å². The number of ether oxygens (including phenoxy) is 1. The third-order valence-corrected chi connectivity index (χ3v) is 4.95. The molecule has 1 aromatic carbocycles. The Labute approximate surface area is 170 Å². The highest BCUT2D eigenvalue weighted by Crippen LogP contribution is 2.24. The van der Waals surface area contributed by atoms with Crippen LogP contribution in [0.5, 0.6) is 5.75 Å². The number of rotatable bonds is 5. The number of amides is 1. The van der Waals surface area contributed by atoms with E-state index >= 15 is 0 Å². The largest absolute Gasteiger partial charge is 0.497 e. The van der Waals surface area contributed by atoms with Gasteiger partial charge in [0.2, 0.25) is 0 Å². The smallest absolute Gasteiger partial charge is 0.280 e. The summed E-state index contributed by atoms with van der Waals surface area (Å²) in [7, 11) is 1.63. The van der Waals surface area contributed by atoms with Gasteiger partial charge in [0.05, 0.1) is 7.11 Å². The molecule has 0 unspecified atom stereocenters. The van der Waals surface area contributed by atoms with Crippen molar-refractivity contribution in [2.45, 2.75) is 27.7 Å². The molecule has 6 heteroatoms. The van der Waals surface area contributed by atoms with Crippen molar-refractivity contribution in [3.05, 3.63) is 76.4 Å². The second kappa shape index (κ2) is 8.11. The maximum atomic E-state index is 12.7. The summed E-state index contributed by atoms with van der Waals surface area (Å²) in [6, 6.07) is 15.6. The molecule has 29 heavy (non-hydrogen) atoms. The third-order valence-electron chi connectivity index (χ3n) is 4.95. The van der Waals surface area contributed by atoms with Gasteiger partial charge in [-0.2, -0.15) is 5.26 Å². The van der Waals surface area contributed by atoms with Crippen LogP contribution in [0.15, 0.2) is 48.0 Å². The Hall–Kier alpha value is -3.72. The second-order valence-corrected chi connectivity index (χ2v) is 6.92. The molecular weight excluding hydrogens is 364 g/mol. The van der Waals surface area contributed by atoms with E-state index in [-0.39, 0.29) is 5.57 Å². The van der Waals surface area contributed by atoms with Gasteiger partial charge in [-0.1, -0.05) is 0 Å². The van der Waals surface area contributed by atoms with Crippen molar-refractivity contribution in [3.8, 4) is 17.5 Å². The van der Waals surface area contributed by atoms with Crippen LogP contribution in [-0.2, 0) is 4.79 Å². The normalized spacial score (nSPS) is 11.2. The lowest BCUT2D eigenvalue weighted by molar-refractivity contribution is -0.113. The number of benzene rings is 1. The first-order valence-electron chi connectivity index (χ1n) is 9.27. The van der Waals surface area contributed by atoms with Crippen LogP contribution >= 0.6 is 0 Å². The Morgan fingerprint density at radius 2 is 1.66 bits per heavy atom. The summed E-state index contributed by atoms with van der Waals surface area (Å²) < 4.78 is 8.98. The molecular formula is C23H24N4O2. The first-order chi connectivity index (χ1) is 13.8. The molecule has 148 valence electrons. The van der Waals surface area contributed by atoms with Gasteiger partial charge < -0.3 is 9.30 Å². The highest BCUT2D eigenvalue weighted by atomic mass is 16.5. The Kier molecular flexibility index (Phi) is 5.60. The molecule has 0 atom stereocenters. The summed E-state index contributed by atoms with van der Waals surface area (Å²) in [6.45, 7) is 7.75. The molecule has 0 spiro atoms. The summed E-state index contributed by atoms with van der Waals surface area (Å²) >= 11 is 0. The number of aryl methyl sites for hydroxylation is 3. The Morgan fingerprint density at radius 1 is 1.03 bits per heavy atom.